The van der Waals surface area contributed by atoms with Crippen LogP contribution in [0.5, 0.6) is 0 Å². The lowest BCUT2D eigenvalue weighted by Crippen LogP contribution is -2.49. The summed E-state index contributed by atoms with van der Waals surface area (Å²) in [7, 11) is -11.9. The summed E-state index contributed by atoms with van der Waals surface area (Å²) in [5, 5.41) is -1.24. The molecule has 3 aliphatic heterocycles. The van der Waals surface area contributed by atoms with E-state index in [4.69, 9.17) is 15.2 Å². The Labute approximate surface area is 611 Å². The van der Waals surface area contributed by atoms with Crippen LogP contribution in [0.15, 0.2) is 91.1 Å². The monoisotopic (exact) mass is 1490 g/mol. The largest absolute Gasteiger partial charge is 0.462 e. The summed E-state index contributed by atoms with van der Waals surface area (Å²) in [4.78, 5) is 126. The highest BCUT2D eigenvalue weighted by Crippen LogP contribution is 2.58. The number of carbonyl (C=O) groups excluding carboxylic acids is 8. The number of hydrogen-bond acceptors (Lipinski definition) is 21. The number of nitrogens with zero attached hydrogens (tertiary/aromatic N) is 7. The first-order valence-corrected chi connectivity index (χ1v) is 41.3. The maximum atomic E-state index is 14.6. The molecule has 4 N–H and O–H groups in total. The molecule has 9 aliphatic rings. The second-order valence-electron chi connectivity index (χ2n) is 32.3. The van der Waals surface area contributed by atoms with Crippen molar-refractivity contribution in [3.63, 3.8) is 0 Å². The Morgan fingerprint density at radius 2 is 0.971 bits per heavy atom. The first kappa shape index (κ1) is 77.5. The van der Waals surface area contributed by atoms with E-state index in [1.807, 2.05) is 70.7 Å². The number of amides is 4. The number of ketones is 2. The van der Waals surface area contributed by atoms with E-state index in [2.05, 4.69) is 37.5 Å². The SMILES string of the molecule is C=C[C@@H]1C[C@]1(CC(=O)[C@@H]1CN(S(=O)(=O)c2ccc(N3CCCCC3)cc2)CN1C(=O)[C@@H](CC(=O)OC1CCCC1)C(C)(C)C)C(=O)NS(=O)(=O)C1CC1.C=C[C@@H]1C[C@]1(CC(=O)[C@@H]1CN(c2ccc(-c3cnc(N)nc3)cc2)CN1C(=O)[C@@H](CC(=O)OC1CCCC1)C(C)(C)C)C(=O)NS(=O)(=O)C1CC1. The van der Waals surface area contributed by atoms with Crippen LogP contribution in [0.1, 0.15) is 176 Å². The molecule has 0 radical (unpaired) electrons. The molecule has 6 aliphatic carbocycles. The minimum absolute atomic E-state index is 0.0151. The van der Waals surface area contributed by atoms with E-state index in [9.17, 15) is 63.6 Å². The van der Waals surface area contributed by atoms with Crippen molar-refractivity contribution in [2.75, 3.05) is 55.0 Å². The average Bonchev–Trinajstić information content (AvgIpc) is 1.58. The standard InChI is InChI=1S/C38H54N4O9S2.C37H48N6O7S/c1-5-26-22-38(26,36(46)39-52(47,48)29-17-18-29)23-33(43)32-24-41(53(49,50)30-15-13-27(14-16-30)40-19-9-6-10-20-40)25-42(32)35(45)31(37(2,3)4)21-34(44)51-28-11-7-8-12-28;1-5-25-17-37(25,34(47)41-51(48,49)28-14-15-28)18-31(44)30-21-42(26-12-10-23(11-13-26)24-19-39-35(38)40-20-24)22-43(30)33(46)29(36(2,3)4)16-32(45)50-27-8-6-7-9-27/h5,13-16,26,28-29,31-32H,1,6-12,17-25H2,2-4H3,(H,39,46);5,10-13,19-20,25,27-30H,1,6-9,14-18,21-22H2,2-4H3,(H,41,47)(H2,38,39,40)/t26-,31-,32+,38-;25-,29-,30+,37-/m11/s1. The molecule has 8 atom stereocenters. The summed E-state index contributed by atoms with van der Waals surface area (Å²) >= 11 is 0. The Morgan fingerprint density at radius 1 is 0.558 bits per heavy atom. The van der Waals surface area contributed by atoms with Crippen LogP contribution in [-0.4, -0.2) is 171 Å². The number of carbonyl (C=O) groups is 8. The number of nitrogen functional groups attached to an aromatic ring is 1. The number of nitrogens with one attached hydrogen (secondary N) is 2. The second kappa shape index (κ2) is 30.7. The number of ether oxygens (including phenoxy) is 2. The first-order chi connectivity index (χ1) is 49.1. The van der Waals surface area contributed by atoms with Crippen molar-refractivity contribution in [1.29, 1.82) is 0 Å². The lowest BCUT2D eigenvalue weighted by atomic mass is 9.77. The molecule has 26 nitrogen and oxygen atoms in total. The van der Waals surface area contributed by atoms with Gasteiger partial charge in [-0.2, -0.15) is 4.31 Å². The normalized spacial score (nSPS) is 25.2. The van der Waals surface area contributed by atoms with E-state index in [1.165, 1.54) is 28.0 Å². The Hall–Kier alpha value is -7.63. The summed E-state index contributed by atoms with van der Waals surface area (Å²) in [6.45, 7) is 19.9. The van der Waals surface area contributed by atoms with Gasteiger partial charge in [-0.1, -0.05) is 65.8 Å². The summed E-state index contributed by atoms with van der Waals surface area (Å²) in [5.41, 5.74) is 4.89. The summed E-state index contributed by atoms with van der Waals surface area (Å²) < 4.78 is 96.1. The maximum Gasteiger partial charge on any atom is 0.306 e. The van der Waals surface area contributed by atoms with Crippen LogP contribution in [0.25, 0.3) is 11.1 Å². The van der Waals surface area contributed by atoms with Gasteiger partial charge in [-0.05, 0) is 174 Å². The van der Waals surface area contributed by atoms with Crippen LogP contribution in [-0.2, 0) is 77.9 Å². The molecular formula is C75H102N10O16S3. The van der Waals surface area contributed by atoms with Crippen molar-refractivity contribution >= 4 is 94.5 Å². The number of Topliss-reactive ketones (excluding diaryl/α,β-unsaturated/α-hetero) is 2. The third kappa shape index (κ3) is 17.6. The van der Waals surface area contributed by atoms with E-state index < -0.39 is 141 Å². The lowest BCUT2D eigenvalue weighted by molar-refractivity contribution is -0.156. The molecule has 6 saturated carbocycles. The van der Waals surface area contributed by atoms with E-state index in [1.54, 1.807) is 30.6 Å². The molecular weight excluding hydrogens is 1390 g/mol. The van der Waals surface area contributed by atoms with Gasteiger partial charge in [-0.3, -0.25) is 47.8 Å². The lowest BCUT2D eigenvalue weighted by Gasteiger charge is -2.34. The number of piperidine rings is 1. The van der Waals surface area contributed by atoms with Crippen molar-refractivity contribution in [2.45, 2.75) is 216 Å². The van der Waals surface area contributed by atoms with Crippen molar-refractivity contribution < 1.29 is 73.1 Å². The van der Waals surface area contributed by atoms with Gasteiger partial charge in [0.1, 0.15) is 24.3 Å². The van der Waals surface area contributed by atoms with Gasteiger partial charge in [0.2, 0.25) is 59.6 Å². The first-order valence-electron chi connectivity index (χ1n) is 36.8. The smallest absolute Gasteiger partial charge is 0.306 e. The van der Waals surface area contributed by atoms with Gasteiger partial charge >= 0.3 is 11.9 Å². The maximum absolute atomic E-state index is 14.6. The highest BCUT2D eigenvalue weighted by atomic mass is 32.2. The second-order valence-corrected chi connectivity index (χ2v) is 38.2. The third-order valence-electron chi connectivity index (χ3n) is 22.6. The zero-order valence-electron chi connectivity index (χ0n) is 60.7. The van der Waals surface area contributed by atoms with Crippen LogP contribution in [0.2, 0.25) is 0 Å². The topological polar surface area (TPSA) is 350 Å². The molecule has 1 aromatic heterocycles. The molecule has 4 heterocycles. The molecule has 3 aromatic rings. The molecule has 29 heteroatoms. The average molecular weight is 1500 g/mol. The van der Waals surface area contributed by atoms with E-state index in [-0.39, 0.29) is 92.5 Å². The summed E-state index contributed by atoms with van der Waals surface area (Å²) in [6.07, 6.45) is 17.7. The molecule has 0 spiro atoms. The Morgan fingerprint density at radius 3 is 1.38 bits per heavy atom. The Balaban J connectivity index is 0.000000208. The van der Waals surface area contributed by atoms with Gasteiger partial charge in [0.25, 0.3) is 0 Å². The molecule has 4 amide bonds. The van der Waals surface area contributed by atoms with Crippen LogP contribution in [0, 0.1) is 45.3 Å². The predicted molar refractivity (Wildman–Crippen MR) is 389 cm³/mol. The fraction of sp³-hybridized carbons (Fsp3) is 0.627. The van der Waals surface area contributed by atoms with Gasteiger partial charge in [-0.15, -0.1) is 13.2 Å². The number of hydrogen-bond donors (Lipinski definition) is 3. The number of benzene rings is 2. The van der Waals surface area contributed by atoms with Gasteiger partial charge in [0, 0.05) is 68.4 Å². The highest BCUT2D eigenvalue weighted by molar-refractivity contribution is 7.91. The zero-order valence-corrected chi connectivity index (χ0v) is 63.1. The molecule has 566 valence electrons. The fourth-order valence-electron chi connectivity index (χ4n) is 15.5. The van der Waals surface area contributed by atoms with Crippen LogP contribution < -0.4 is 25.0 Å². The van der Waals surface area contributed by atoms with Crippen molar-refractivity contribution in [1.82, 2.24) is 33.5 Å². The van der Waals surface area contributed by atoms with Crippen LogP contribution >= 0.6 is 0 Å². The summed E-state index contributed by atoms with van der Waals surface area (Å²) in [6, 6.07) is 11.9. The van der Waals surface area contributed by atoms with Gasteiger partial charge in [-0.25, -0.2) is 35.2 Å². The minimum atomic E-state index is -4.20. The van der Waals surface area contributed by atoms with Gasteiger partial charge in [0.05, 0.1) is 64.2 Å². The van der Waals surface area contributed by atoms with E-state index in [0.717, 1.165) is 111 Å². The Kier molecular flexibility index (Phi) is 22.9. The van der Waals surface area contributed by atoms with Crippen LogP contribution in [0.3, 0.4) is 0 Å². The van der Waals surface area contributed by atoms with Crippen molar-refractivity contribution in [3.8, 4) is 11.1 Å². The van der Waals surface area contributed by atoms with Crippen LogP contribution in [0.4, 0.5) is 17.3 Å². The van der Waals surface area contributed by atoms with Gasteiger partial charge < -0.3 is 34.8 Å². The van der Waals surface area contributed by atoms with Gasteiger partial charge in [0.15, 0.2) is 11.6 Å². The number of aromatic nitrogens is 2. The molecule has 9 fully saturated rings. The van der Waals surface area contributed by atoms with E-state index in [0.29, 0.717) is 25.7 Å². The predicted octanol–water partition coefficient (Wildman–Crippen LogP) is 8.13. The quantitative estimate of drug-likeness (QED) is 0.0479. The zero-order chi connectivity index (χ0) is 75.1. The summed E-state index contributed by atoms with van der Waals surface area (Å²) in [5.74, 6) is -6.71. The fourth-order valence-corrected chi connectivity index (χ4v) is 19.6. The van der Waals surface area contributed by atoms with E-state index >= 15 is 0 Å². The third-order valence-corrected chi connectivity index (χ3v) is 28.1. The minimum Gasteiger partial charge on any atom is -0.462 e. The molecule has 0 bridgehead atoms. The molecule has 0 unspecified atom stereocenters. The molecule has 2 aromatic carbocycles. The number of allylic oxidation sites excluding steroid dienone is 2. The number of sulfonamides is 3. The Bertz CT molecular complexity index is 4120. The molecule has 12 rings (SSSR count). The van der Waals surface area contributed by atoms with Crippen molar-refractivity contribution in [3.05, 3.63) is 86.2 Å². The molecule has 3 saturated heterocycles. The number of esters is 2. The highest BCUT2D eigenvalue weighted by Gasteiger charge is 2.63. The molecule has 104 heavy (non-hydrogen) atoms. The van der Waals surface area contributed by atoms with Crippen molar-refractivity contribution in [2.24, 2.45) is 45.3 Å². The number of rotatable bonds is 27. The number of anilines is 3. The number of nitrogens with two attached hydrogens (primary N) is 1.